The first kappa shape index (κ1) is 20.3. The van der Waals surface area contributed by atoms with Gasteiger partial charge in [0.2, 0.25) is 0 Å². The molecule has 2 aromatic rings. The average molecular weight is 375 g/mol. The fourth-order valence-corrected chi connectivity index (χ4v) is 3.21. The SMILES string of the molecule is Cl.N=C(CC(O)COc1ccccc1-c1ccccc1)N1CCCCC1. The molecule has 1 saturated heterocycles. The number of nitrogens with zero attached hydrogens (tertiary/aromatic N) is 1. The van der Waals surface area contributed by atoms with E-state index in [0.29, 0.717) is 12.3 Å². The number of amidine groups is 1. The Balaban J connectivity index is 0.00000243. The molecule has 3 rings (SSSR count). The van der Waals surface area contributed by atoms with Crippen molar-refractivity contribution >= 4 is 18.2 Å². The molecule has 0 aliphatic carbocycles. The molecule has 0 spiro atoms. The summed E-state index contributed by atoms with van der Waals surface area (Å²) in [6.45, 7) is 2.06. The van der Waals surface area contributed by atoms with E-state index in [0.717, 1.165) is 42.8 Å². The zero-order valence-corrected chi connectivity index (χ0v) is 15.8. The molecule has 1 heterocycles. The number of likely N-dealkylation sites (tertiary alicyclic amines) is 1. The van der Waals surface area contributed by atoms with Crippen LogP contribution < -0.4 is 4.74 Å². The first-order valence-corrected chi connectivity index (χ1v) is 9.02. The molecule has 1 unspecified atom stereocenters. The van der Waals surface area contributed by atoms with Gasteiger partial charge in [-0.15, -0.1) is 12.4 Å². The molecule has 2 N–H and O–H groups in total. The summed E-state index contributed by atoms with van der Waals surface area (Å²) in [4.78, 5) is 2.07. The van der Waals surface area contributed by atoms with Gasteiger partial charge in [0, 0.05) is 25.1 Å². The van der Waals surface area contributed by atoms with Gasteiger partial charge in [0.05, 0.1) is 11.9 Å². The topological polar surface area (TPSA) is 56.6 Å². The van der Waals surface area contributed by atoms with Crippen LogP contribution in [-0.2, 0) is 0 Å². The molecular formula is C21H27ClN2O2. The van der Waals surface area contributed by atoms with E-state index in [4.69, 9.17) is 10.1 Å². The van der Waals surface area contributed by atoms with Crippen LogP contribution in [-0.4, -0.2) is 41.6 Å². The molecule has 0 saturated carbocycles. The van der Waals surface area contributed by atoms with Crippen LogP contribution in [0.25, 0.3) is 11.1 Å². The highest BCUT2D eigenvalue weighted by Crippen LogP contribution is 2.29. The molecule has 26 heavy (non-hydrogen) atoms. The summed E-state index contributed by atoms with van der Waals surface area (Å²) in [5.74, 6) is 1.28. The van der Waals surface area contributed by atoms with Crippen molar-refractivity contribution in [3.05, 3.63) is 54.6 Å². The average Bonchev–Trinajstić information content (AvgIpc) is 2.68. The molecule has 5 heteroatoms. The van der Waals surface area contributed by atoms with Gasteiger partial charge in [-0.1, -0.05) is 48.5 Å². The summed E-state index contributed by atoms with van der Waals surface area (Å²) in [7, 11) is 0. The first-order valence-electron chi connectivity index (χ1n) is 9.02. The number of hydrogen-bond donors (Lipinski definition) is 2. The van der Waals surface area contributed by atoms with Crippen LogP contribution in [0.1, 0.15) is 25.7 Å². The number of nitrogens with one attached hydrogen (secondary N) is 1. The second kappa shape index (κ2) is 10.2. The molecule has 1 aliphatic rings. The molecule has 0 radical (unpaired) electrons. The highest BCUT2D eigenvalue weighted by Gasteiger charge is 2.17. The lowest BCUT2D eigenvalue weighted by atomic mass is 10.0. The van der Waals surface area contributed by atoms with Crippen LogP contribution in [0, 0.1) is 5.41 Å². The highest BCUT2D eigenvalue weighted by atomic mass is 35.5. The Kier molecular flexibility index (Phi) is 7.95. The highest BCUT2D eigenvalue weighted by molar-refractivity contribution is 5.85. The number of rotatable bonds is 6. The molecule has 0 amide bonds. The van der Waals surface area contributed by atoms with Crippen LogP contribution >= 0.6 is 12.4 Å². The quantitative estimate of drug-likeness (QED) is 0.583. The molecule has 2 aromatic carbocycles. The fraction of sp³-hybridized carbons (Fsp3) is 0.381. The smallest absolute Gasteiger partial charge is 0.127 e. The second-order valence-corrected chi connectivity index (χ2v) is 6.53. The minimum atomic E-state index is -0.668. The normalized spacial score (nSPS) is 15.0. The molecule has 140 valence electrons. The molecular weight excluding hydrogens is 348 g/mol. The first-order chi connectivity index (χ1) is 12.2. The van der Waals surface area contributed by atoms with E-state index in [2.05, 4.69) is 4.90 Å². The van der Waals surface area contributed by atoms with Crippen molar-refractivity contribution in [1.29, 1.82) is 5.41 Å². The Morgan fingerprint density at radius 1 is 1.00 bits per heavy atom. The number of halogens is 1. The zero-order chi connectivity index (χ0) is 17.5. The van der Waals surface area contributed by atoms with Crippen molar-refractivity contribution in [1.82, 2.24) is 4.90 Å². The van der Waals surface area contributed by atoms with Crippen molar-refractivity contribution in [2.75, 3.05) is 19.7 Å². The van der Waals surface area contributed by atoms with Gasteiger partial charge in [-0.25, -0.2) is 0 Å². The van der Waals surface area contributed by atoms with E-state index in [-0.39, 0.29) is 19.0 Å². The maximum Gasteiger partial charge on any atom is 0.127 e. The molecule has 1 atom stereocenters. The zero-order valence-electron chi connectivity index (χ0n) is 14.9. The number of hydrogen-bond acceptors (Lipinski definition) is 3. The van der Waals surface area contributed by atoms with Crippen molar-refractivity contribution in [2.24, 2.45) is 0 Å². The van der Waals surface area contributed by atoms with Crippen LogP contribution in [0.3, 0.4) is 0 Å². The number of aliphatic hydroxyl groups is 1. The van der Waals surface area contributed by atoms with Gasteiger partial charge in [-0.2, -0.15) is 0 Å². The minimum Gasteiger partial charge on any atom is -0.490 e. The summed E-state index contributed by atoms with van der Waals surface area (Å²) in [6.07, 6.45) is 3.19. The van der Waals surface area contributed by atoms with E-state index in [1.807, 2.05) is 54.6 Å². The van der Waals surface area contributed by atoms with Crippen LogP contribution in [0.5, 0.6) is 5.75 Å². The number of piperidine rings is 1. The number of ether oxygens (including phenoxy) is 1. The van der Waals surface area contributed by atoms with Gasteiger partial charge >= 0.3 is 0 Å². The summed E-state index contributed by atoms with van der Waals surface area (Å²) in [5.41, 5.74) is 2.11. The lowest BCUT2D eigenvalue weighted by Gasteiger charge is -2.29. The van der Waals surface area contributed by atoms with Crippen molar-refractivity contribution in [2.45, 2.75) is 31.8 Å². The maximum atomic E-state index is 10.3. The summed E-state index contributed by atoms with van der Waals surface area (Å²) in [5, 5.41) is 18.5. The molecule has 0 aromatic heterocycles. The van der Waals surface area contributed by atoms with Gasteiger partial charge < -0.3 is 14.7 Å². The van der Waals surface area contributed by atoms with E-state index in [1.54, 1.807) is 0 Å². The van der Waals surface area contributed by atoms with Crippen LogP contribution in [0.4, 0.5) is 0 Å². The van der Waals surface area contributed by atoms with Crippen molar-refractivity contribution < 1.29 is 9.84 Å². The Morgan fingerprint density at radius 3 is 2.38 bits per heavy atom. The predicted molar refractivity (Wildman–Crippen MR) is 108 cm³/mol. The van der Waals surface area contributed by atoms with Crippen molar-refractivity contribution in [3.8, 4) is 16.9 Å². The third kappa shape index (κ3) is 5.48. The third-order valence-electron chi connectivity index (χ3n) is 4.57. The van der Waals surface area contributed by atoms with Crippen LogP contribution in [0.15, 0.2) is 54.6 Å². The van der Waals surface area contributed by atoms with Gasteiger partial charge in [0.15, 0.2) is 0 Å². The van der Waals surface area contributed by atoms with E-state index in [9.17, 15) is 5.11 Å². The summed E-state index contributed by atoms with van der Waals surface area (Å²) >= 11 is 0. The fourth-order valence-electron chi connectivity index (χ4n) is 3.21. The Bertz CT molecular complexity index is 687. The molecule has 1 fully saturated rings. The van der Waals surface area contributed by atoms with E-state index in [1.165, 1.54) is 6.42 Å². The van der Waals surface area contributed by atoms with Crippen LogP contribution in [0.2, 0.25) is 0 Å². The third-order valence-corrected chi connectivity index (χ3v) is 4.57. The number of benzene rings is 2. The standard InChI is InChI=1S/C21H26N2O2.ClH/c22-21(23-13-7-2-8-14-23)15-18(24)16-25-20-12-6-5-11-19(20)17-9-3-1-4-10-17;/h1,3-6,9-12,18,22,24H,2,7-8,13-16H2;1H. The Labute approximate surface area is 161 Å². The van der Waals surface area contributed by atoms with Gasteiger partial charge in [0.25, 0.3) is 0 Å². The van der Waals surface area contributed by atoms with E-state index >= 15 is 0 Å². The minimum absolute atomic E-state index is 0. The summed E-state index contributed by atoms with van der Waals surface area (Å²) in [6, 6.07) is 17.9. The second-order valence-electron chi connectivity index (χ2n) is 6.53. The predicted octanol–water partition coefficient (Wildman–Crippen LogP) is 4.37. The van der Waals surface area contributed by atoms with Crippen molar-refractivity contribution in [3.63, 3.8) is 0 Å². The lowest BCUT2D eigenvalue weighted by molar-refractivity contribution is 0.110. The number of para-hydroxylation sites is 1. The summed E-state index contributed by atoms with van der Waals surface area (Å²) < 4.78 is 5.88. The number of aliphatic hydroxyl groups excluding tert-OH is 1. The molecule has 1 aliphatic heterocycles. The molecule has 4 nitrogen and oxygen atoms in total. The van der Waals surface area contributed by atoms with Gasteiger partial charge in [0.1, 0.15) is 12.4 Å². The monoisotopic (exact) mass is 374 g/mol. The van der Waals surface area contributed by atoms with Gasteiger partial charge in [-0.3, -0.25) is 5.41 Å². The Hall–Kier alpha value is -2.04. The van der Waals surface area contributed by atoms with Gasteiger partial charge in [-0.05, 0) is 30.9 Å². The largest absolute Gasteiger partial charge is 0.490 e. The molecule has 0 bridgehead atoms. The van der Waals surface area contributed by atoms with E-state index < -0.39 is 6.10 Å². The Morgan fingerprint density at radius 2 is 1.65 bits per heavy atom. The maximum absolute atomic E-state index is 10.3. The lowest BCUT2D eigenvalue weighted by Crippen LogP contribution is -2.37.